The predicted octanol–water partition coefficient (Wildman–Crippen LogP) is 1.28. The van der Waals surface area contributed by atoms with Gasteiger partial charge in [-0.15, -0.1) is 0 Å². The van der Waals surface area contributed by atoms with E-state index in [-0.39, 0.29) is 24.0 Å². The molecule has 0 aromatic heterocycles. The zero-order chi connectivity index (χ0) is 21.0. The number of imide groups is 1. The van der Waals surface area contributed by atoms with Gasteiger partial charge in [-0.3, -0.25) is 19.9 Å². The number of piperazine rings is 1. The molecule has 0 radical (unpaired) electrons. The molecule has 2 unspecified atom stereocenters. The second-order valence-corrected chi connectivity index (χ2v) is 7.83. The van der Waals surface area contributed by atoms with Gasteiger partial charge >= 0.3 is 6.03 Å². The average molecular weight is 404 g/mol. The van der Waals surface area contributed by atoms with Crippen molar-refractivity contribution in [2.75, 3.05) is 65.4 Å². The minimum absolute atomic E-state index is 0.127. The molecular formula is C21H33N5O3. The first-order chi connectivity index (χ1) is 13.9. The van der Waals surface area contributed by atoms with Gasteiger partial charge in [-0.1, -0.05) is 19.1 Å². The molecule has 2 aliphatic rings. The Morgan fingerprint density at radius 2 is 1.79 bits per heavy atom. The minimum Gasteiger partial charge on any atom is -0.495 e. The monoisotopic (exact) mass is 403 g/mol. The Morgan fingerprint density at radius 1 is 1.10 bits per heavy atom. The third-order valence-electron chi connectivity index (χ3n) is 6.00. The minimum atomic E-state index is -0.252. The van der Waals surface area contributed by atoms with Gasteiger partial charge in [0.05, 0.1) is 24.9 Å². The number of methoxy groups -OCH3 is 1. The quantitative estimate of drug-likeness (QED) is 0.692. The Balaban J connectivity index is 1.41. The fraction of sp³-hybridized carbons (Fsp3) is 0.619. The van der Waals surface area contributed by atoms with Gasteiger partial charge in [-0.25, -0.2) is 4.79 Å². The Morgan fingerprint density at radius 3 is 2.48 bits per heavy atom. The predicted molar refractivity (Wildman–Crippen MR) is 113 cm³/mol. The molecule has 160 valence electrons. The molecular weight excluding hydrogens is 370 g/mol. The van der Waals surface area contributed by atoms with E-state index in [1.165, 1.54) is 4.90 Å². The van der Waals surface area contributed by atoms with Crippen molar-refractivity contribution in [1.29, 1.82) is 0 Å². The zero-order valence-corrected chi connectivity index (χ0v) is 17.9. The molecule has 0 bridgehead atoms. The van der Waals surface area contributed by atoms with E-state index >= 15 is 0 Å². The molecule has 2 atom stereocenters. The molecule has 8 nitrogen and oxygen atoms in total. The highest BCUT2D eigenvalue weighted by molar-refractivity contribution is 5.97. The van der Waals surface area contributed by atoms with E-state index < -0.39 is 0 Å². The Hall–Kier alpha value is -2.32. The molecule has 1 N–H and O–H groups in total. The lowest BCUT2D eigenvalue weighted by atomic mass is 10.0. The molecule has 29 heavy (non-hydrogen) atoms. The van der Waals surface area contributed by atoms with Crippen LogP contribution in [0.3, 0.4) is 0 Å². The molecule has 1 aromatic carbocycles. The van der Waals surface area contributed by atoms with Crippen molar-refractivity contribution < 1.29 is 14.3 Å². The Labute approximate surface area is 173 Å². The van der Waals surface area contributed by atoms with Crippen LogP contribution in [0.15, 0.2) is 24.3 Å². The highest BCUT2D eigenvalue weighted by Gasteiger charge is 2.40. The van der Waals surface area contributed by atoms with Crippen LogP contribution in [0.2, 0.25) is 0 Å². The second-order valence-electron chi connectivity index (χ2n) is 7.83. The van der Waals surface area contributed by atoms with Crippen LogP contribution in [0.25, 0.3) is 0 Å². The van der Waals surface area contributed by atoms with Gasteiger partial charge in [0.15, 0.2) is 0 Å². The van der Waals surface area contributed by atoms with Gasteiger partial charge in [-0.2, -0.15) is 0 Å². The van der Waals surface area contributed by atoms with E-state index in [1.807, 2.05) is 25.1 Å². The number of hydrogen-bond acceptors (Lipinski definition) is 6. The van der Waals surface area contributed by atoms with Gasteiger partial charge in [0.1, 0.15) is 5.75 Å². The van der Waals surface area contributed by atoms with Crippen molar-refractivity contribution in [3.63, 3.8) is 0 Å². The van der Waals surface area contributed by atoms with Crippen LogP contribution in [0.5, 0.6) is 5.75 Å². The van der Waals surface area contributed by atoms with Crippen LogP contribution in [0, 0.1) is 5.92 Å². The van der Waals surface area contributed by atoms with Gasteiger partial charge in [-0.05, 0) is 31.6 Å². The number of rotatable bonds is 7. The van der Waals surface area contributed by atoms with Crippen LogP contribution < -0.4 is 15.0 Å². The molecule has 2 heterocycles. The number of nitrogens with zero attached hydrogens (tertiary/aromatic N) is 4. The van der Waals surface area contributed by atoms with E-state index in [0.29, 0.717) is 0 Å². The molecule has 1 aromatic rings. The fourth-order valence-electron chi connectivity index (χ4n) is 4.20. The smallest absolute Gasteiger partial charge is 0.327 e. The summed E-state index contributed by atoms with van der Waals surface area (Å²) in [6.07, 6.45) is 0.734. The third-order valence-corrected chi connectivity index (χ3v) is 6.00. The molecule has 2 saturated heterocycles. The number of amides is 3. The number of hydrogen-bond donors (Lipinski definition) is 1. The lowest BCUT2D eigenvalue weighted by molar-refractivity contribution is -0.137. The number of anilines is 1. The summed E-state index contributed by atoms with van der Waals surface area (Å²) in [5.41, 5.74) is 1.16. The van der Waals surface area contributed by atoms with E-state index in [9.17, 15) is 9.59 Å². The standard InChI is InChI=1S/C21H33N5O3/c1-16-19(23(2)21(28)24(3)20(16)27)22-10-7-11-25-12-14-26(15-13-25)17-8-5-6-9-18(17)29-4/h5-6,8-9,16,19,22H,7,10-15H2,1-4H3. The maximum Gasteiger partial charge on any atom is 0.327 e. The van der Waals surface area contributed by atoms with Crippen LogP contribution in [0.4, 0.5) is 10.5 Å². The zero-order valence-electron chi connectivity index (χ0n) is 17.9. The van der Waals surface area contributed by atoms with E-state index in [1.54, 1.807) is 26.1 Å². The van der Waals surface area contributed by atoms with Crippen molar-refractivity contribution in [3.05, 3.63) is 24.3 Å². The lowest BCUT2D eigenvalue weighted by Crippen LogP contribution is -2.63. The number of urea groups is 1. The number of carbonyl (C=O) groups is 2. The van der Waals surface area contributed by atoms with Crippen molar-refractivity contribution in [2.45, 2.75) is 19.5 Å². The first kappa shape index (κ1) is 21.4. The first-order valence-electron chi connectivity index (χ1n) is 10.3. The molecule has 2 fully saturated rings. The van der Waals surface area contributed by atoms with Gasteiger partial charge in [0.25, 0.3) is 0 Å². The van der Waals surface area contributed by atoms with Gasteiger partial charge < -0.3 is 14.5 Å². The Bertz CT molecular complexity index is 698. The summed E-state index contributed by atoms with van der Waals surface area (Å²) in [7, 11) is 5.00. The summed E-state index contributed by atoms with van der Waals surface area (Å²) < 4.78 is 5.48. The highest BCUT2D eigenvalue weighted by atomic mass is 16.5. The molecule has 0 saturated carbocycles. The molecule has 8 heteroatoms. The summed E-state index contributed by atoms with van der Waals surface area (Å²) in [5.74, 6) is 0.552. The highest BCUT2D eigenvalue weighted by Crippen LogP contribution is 2.28. The van der Waals surface area contributed by atoms with E-state index in [0.717, 1.165) is 57.1 Å². The molecule has 3 rings (SSSR count). The van der Waals surface area contributed by atoms with Crippen LogP contribution in [0.1, 0.15) is 13.3 Å². The normalized spacial score (nSPS) is 23.7. The van der Waals surface area contributed by atoms with Gasteiger partial charge in [0.2, 0.25) is 5.91 Å². The summed E-state index contributed by atoms with van der Waals surface area (Å²) in [6.45, 7) is 7.63. The number of carbonyl (C=O) groups excluding carboxylic acids is 2. The van der Waals surface area contributed by atoms with Crippen LogP contribution in [-0.2, 0) is 4.79 Å². The maximum atomic E-state index is 12.2. The van der Waals surface area contributed by atoms with Gasteiger partial charge in [0, 0.05) is 40.3 Å². The lowest BCUT2D eigenvalue weighted by Gasteiger charge is -2.41. The van der Waals surface area contributed by atoms with Crippen molar-refractivity contribution in [2.24, 2.45) is 5.92 Å². The Kier molecular flexibility index (Phi) is 6.97. The largest absolute Gasteiger partial charge is 0.495 e. The van der Waals surface area contributed by atoms with Crippen molar-refractivity contribution >= 4 is 17.6 Å². The summed E-state index contributed by atoms with van der Waals surface area (Å²) >= 11 is 0. The average Bonchev–Trinajstić information content (AvgIpc) is 2.76. The van der Waals surface area contributed by atoms with Crippen LogP contribution >= 0.6 is 0 Å². The fourth-order valence-corrected chi connectivity index (χ4v) is 4.20. The summed E-state index contributed by atoms with van der Waals surface area (Å²) in [6, 6.07) is 7.91. The summed E-state index contributed by atoms with van der Waals surface area (Å²) in [4.78, 5) is 32.0. The summed E-state index contributed by atoms with van der Waals surface area (Å²) in [5, 5.41) is 3.40. The van der Waals surface area contributed by atoms with E-state index in [4.69, 9.17) is 4.74 Å². The topological polar surface area (TPSA) is 68.4 Å². The first-order valence-corrected chi connectivity index (χ1v) is 10.3. The number of nitrogens with one attached hydrogen (secondary N) is 1. The molecule has 3 amide bonds. The van der Waals surface area contributed by atoms with Crippen molar-refractivity contribution in [3.8, 4) is 5.75 Å². The third kappa shape index (κ3) is 4.64. The maximum absolute atomic E-state index is 12.2. The van der Waals surface area contributed by atoms with Crippen LogP contribution in [-0.4, -0.2) is 93.3 Å². The van der Waals surface area contributed by atoms with Crippen molar-refractivity contribution in [1.82, 2.24) is 20.0 Å². The van der Waals surface area contributed by atoms with E-state index in [2.05, 4.69) is 21.2 Å². The molecule has 0 aliphatic carbocycles. The number of para-hydroxylation sites is 2. The number of ether oxygens (including phenoxy) is 1. The number of benzene rings is 1. The second kappa shape index (κ2) is 9.45. The molecule has 2 aliphatic heterocycles. The molecule has 0 spiro atoms. The SMILES string of the molecule is COc1ccccc1N1CCN(CCCNC2C(C)C(=O)N(C)C(=O)N2C)CC1.